The van der Waals surface area contributed by atoms with Crippen LogP contribution < -0.4 is 5.63 Å². The summed E-state index contributed by atoms with van der Waals surface area (Å²) in [6.07, 6.45) is 6.98. The van der Waals surface area contributed by atoms with Crippen molar-refractivity contribution >= 4 is 16.8 Å². The summed E-state index contributed by atoms with van der Waals surface area (Å²) in [5.41, 5.74) is 4.46. The molecule has 0 amide bonds. The van der Waals surface area contributed by atoms with Gasteiger partial charge < -0.3 is 4.42 Å². The van der Waals surface area contributed by atoms with Crippen LogP contribution in [0.3, 0.4) is 0 Å². The van der Waals surface area contributed by atoms with E-state index in [0.29, 0.717) is 5.92 Å². The van der Waals surface area contributed by atoms with Gasteiger partial charge in [0.1, 0.15) is 11.1 Å². The van der Waals surface area contributed by atoms with E-state index < -0.39 is 5.63 Å². The minimum atomic E-state index is -0.496. The summed E-state index contributed by atoms with van der Waals surface area (Å²) >= 11 is 0. The van der Waals surface area contributed by atoms with Crippen LogP contribution in [0.1, 0.15) is 65.6 Å². The predicted octanol–water partition coefficient (Wildman–Crippen LogP) is 3.75. The van der Waals surface area contributed by atoms with Crippen LogP contribution in [0, 0.1) is 0 Å². The summed E-state index contributed by atoms with van der Waals surface area (Å²) in [6.45, 7) is 1.41. The number of benzene rings is 1. The van der Waals surface area contributed by atoms with E-state index in [-0.39, 0.29) is 11.3 Å². The number of hydrogen-bond acceptors (Lipinski definition) is 3. The molecule has 2 aliphatic carbocycles. The zero-order valence-corrected chi connectivity index (χ0v) is 12.2. The summed E-state index contributed by atoms with van der Waals surface area (Å²) in [5.74, 6) is 0.412. The molecule has 0 saturated carbocycles. The van der Waals surface area contributed by atoms with Crippen molar-refractivity contribution in [3.8, 4) is 0 Å². The summed E-state index contributed by atoms with van der Waals surface area (Å²) in [4.78, 5) is 23.6. The fourth-order valence-electron chi connectivity index (χ4n) is 4.12. The van der Waals surface area contributed by atoms with Gasteiger partial charge >= 0.3 is 5.63 Å². The highest BCUT2D eigenvalue weighted by molar-refractivity contribution is 5.97. The molecular weight excluding hydrogens is 264 g/mol. The first-order valence-corrected chi connectivity index (χ1v) is 7.78. The van der Waals surface area contributed by atoms with Crippen LogP contribution in [0.15, 0.2) is 21.3 Å². The van der Waals surface area contributed by atoms with Crippen LogP contribution in [0.2, 0.25) is 0 Å². The van der Waals surface area contributed by atoms with Crippen molar-refractivity contribution < 1.29 is 9.21 Å². The van der Waals surface area contributed by atoms with Crippen molar-refractivity contribution in [2.24, 2.45) is 0 Å². The minimum absolute atomic E-state index is 0.165. The van der Waals surface area contributed by atoms with Gasteiger partial charge in [-0.15, -0.1) is 0 Å². The molecule has 108 valence electrons. The molecule has 0 N–H and O–H groups in total. The largest absolute Gasteiger partial charge is 0.422 e. The van der Waals surface area contributed by atoms with Gasteiger partial charge in [-0.2, -0.15) is 0 Å². The standard InChI is InChI=1S/C18H18O3/c1-10(19)15-9-13-8-12-6-2-4-11-5-3-7-14(16(11)12)17(13)21-18(15)20/h8-9,11H,2-7H2,1H3. The van der Waals surface area contributed by atoms with Gasteiger partial charge in [0.05, 0.1) is 0 Å². The highest BCUT2D eigenvalue weighted by Gasteiger charge is 2.29. The van der Waals surface area contributed by atoms with Gasteiger partial charge in [-0.1, -0.05) is 0 Å². The maximum atomic E-state index is 12.0. The van der Waals surface area contributed by atoms with E-state index in [1.165, 1.54) is 42.9 Å². The molecule has 21 heavy (non-hydrogen) atoms. The summed E-state index contributed by atoms with van der Waals surface area (Å²) in [7, 11) is 0. The molecule has 1 atom stereocenters. The third kappa shape index (κ3) is 1.87. The van der Waals surface area contributed by atoms with Gasteiger partial charge in [-0.3, -0.25) is 4.79 Å². The van der Waals surface area contributed by atoms with Crippen molar-refractivity contribution in [1.29, 1.82) is 0 Å². The first kappa shape index (κ1) is 12.8. The molecule has 2 aromatic rings. The van der Waals surface area contributed by atoms with Gasteiger partial charge in [-0.25, -0.2) is 4.79 Å². The normalized spacial score (nSPS) is 20.3. The lowest BCUT2D eigenvalue weighted by Gasteiger charge is -2.32. The van der Waals surface area contributed by atoms with Crippen molar-refractivity contribution in [3.63, 3.8) is 0 Å². The van der Waals surface area contributed by atoms with Gasteiger partial charge in [0.15, 0.2) is 5.78 Å². The van der Waals surface area contributed by atoms with Crippen LogP contribution >= 0.6 is 0 Å². The fourth-order valence-corrected chi connectivity index (χ4v) is 4.12. The number of aryl methyl sites for hydroxylation is 2. The highest BCUT2D eigenvalue weighted by atomic mass is 16.4. The maximum Gasteiger partial charge on any atom is 0.347 e. The molecule has 3 heteroatoms. The van der Waals surface area contributed by atoms with E-state index >= 15 is 0 Å². The van der Waals surface area contributed by atoms with Gasteiger partial charge in [-0.05, 0) is 80.2 Å². The van der Waals surface area contributed by atoms with Crippen LogP contribution in [0.25, 0.3) is 11.0 Å². The van der Waals surface area contributed by atoms with Gasteiger partial charge in [0.25, 0.3) is 0 Å². The lowest BCUT2D eigenvalue weighted by Crippen LogP contribution is -2.19. The van der Waals surface area contributed by atoms with Crippen LogP contribution in [-0.4, -0.2) is 5.78 Å². The first-order chi connectivity index (χ1) is 10.1. The van der Waals surface area contributed by atoms with Crippen molar-refractivity contribution in [3.05, 3.63) is 44.8 Å². The van der Waals surface area contributed by atoms with Crippen LogP contribution in [0.4, 0.5) is 0 Å². The second-order valence-corrected chi connectivity index (χ2v) is 6.33. The smallest absolute Gasteiger partial charge is 0.347 e. The number of Topliss-reactive ketones (excluding diaryl/α,β-unsaturated/α-hetero) is 1. The number of rotatable bonds is 1. The molecule has 0 saturated heterocycles. The lowest BCUT2D eigenvalue weighted by molar-refractivity contribution is 0.101. The monoisotopic (exact) mass is 282 g/mol. The Morgan fingerprint density at radius 2 is 1.95 bits per heavy atom. The Kier molecular flexibility index (Phi) is 2.78. The maximum absolute atomic E-state index is 12.0. The Morgan fingerprint density at radius 1 is 1.19 bits per heavy atom. The molecule has 0 spiro atoms. The Morgan fingerprint density at radius 3 is 2.71 bits per heavy atom. The number of carbonyl (C=O) groups is 1. The summed E-state index contributed by atoms with van der Waals surface area (Å²) in [5, 5.41) is 0.913. The van der Waals surface area contributed by atoms with Gasteiger partial charge in [0, 0.05) is 5.39 Å². The minimum Gasteiger partial charge on any atom is -0.422 e. The molecule has 1 unspecified atom stereocenters. The van der Waals surface area contributed by atoms with E-state index in [1.807, 2.05) is 0 Å². The molecule has 0 fully saturated rings. The molecule has 1 heterocycles. The topological polar surface area (TPSA) is 47.3 Å². The first-order valence-electron chi connectivity index (χ1n) is 7.78. The summed E-state index contributed by atoms with van der Waals surface area (Å²) in [6, 6.07) is 3.86. The third-order valence-electron chi connectivity index (χ3n) is 5.02. The fraction of sp³-hybridized carbons (Fsp3) is 0.444. The van der Waals surface area contributed by atoms with Gasteiger partial charge in [0.2, 0.25) is 0 Å². The second-order valence-electron chi connectivity index (χ2n) is 6.33. The van der Waals surface area contributed by atoms with Crippen molar-refractivity contribution in [1.82, 2.24) is 0 Å². The van der Waals surface area contributed by atoms with Crippen molar-refractivity contribution in [2.45, 2.75) is 51.4 Å². The summed E-state index contributed by atoms with van der Waals surface area (Å²) < 4.78 is 5.55. The van der Waals surface area contributed by atoms with Crippen molar-refractivity contribution in [2.75, 3.05) is 0 Å². The quantitative estimate of drug-likeness (QED) is 0.591. The SMILES string of the molecule is CC(=O)c1cc2cc3c4c(c2oc1=O)CCCC4CCC3. The molecule has 2 aliphatic rings. The molecule has 0 radical (unpaired) electrons. The molecular formula is C18H18O3. The number of carbonyl (C=O) groups excluding carboxylic acids is 1. The predicted molar refractivity (Wildman–Crippen MR) is 81.1 cm³/mol. The molecule has 1 aromatic carbocycles. The second kappa shape index (κ2) is 4.55. The lowest BCUT2D eigenvalue weighted by atomic mass is 9.73. The zero-order chi connectivity index (χ0) is 14.6. The zero-order valence-electron chi connectivity index (χ0n) is 12.2. The molecule has 0 bridgehead atoms. The Bertz CT molecular complexity index is 811. The van der Waals surface area contributed by atoms with Crippen LogP contribution in [-0.2, 0) is 12.8 Å². The number of fused-ring (bicyclic) bond motifs is 2. The number of hydrogen-bond donors (Lipinski definition) is 0. The van der Waals surface area contributed by atoms with Crippen LogP contribution in [0.5, 0.6) is 0 Å². The Labute approximate surface area is 123 Å². The molecule has 3 nitrogen and oxygen atoms in total. The molecule has 4 rings (SSSR count). The highest BCUT2D eigenvalue weighted by Crippen LogP contribution is 2.43. The average molecular weight is 282 g/mol. The van der Waals surface area contributed by atoms with E-state index in [0.717, 1.165) is 30.2 Å². The third-order valence-corrected chi connectivity index (χ3v) is 5.02. The van der Waals surface area contributed by atoms with E-state index in [1.54, 1.807) is 6.07 Å². The Hall–Kier alpha value is -1.90. The average Bonchev–Trinajstić information content (AvgIpc) is 2.48. The number of ketones is 1. The molecule has 1 aromatic heterocycles. The van der Waals surface area contributed by atoms with E-state index in [9.17, 15) is 9.59 Å². The molecule has 0 aliphatic heterocycles. The Balaban J connectivity index is 2.08. The van der Waals surface area contributed by atoms with E-state index in [2.05, 4.69) is 6.07 Å². The van der Waals surface area contributed by atoms with E-state index in [4.69, 9.17) is 4.42 Å².